The molecule has 2 unspecified atom stereocenters. The van der Waals surface area contributed by atoms with E-state index in [0.29, 0.717) is 24.4 Å². The highest BCUT2D eigenvalue weighted by Gasteiger charge is 2.22. The van der Waals surface area contributed by atoms with Gasteiger partial charge in [-0.1, -0.05) is 38.1 Å². The predicted octanol–water partition coefficient (Wildman–Crippen LogP) is 2.50. The number of hydrogen-bond acceptors (Lipinski definition) is 2. The lowest BCUT2D eigenvalue weighted by Crippen LogP contribution is -2.36. The van der Waals surface area contributed by atoms with Crippen molar-refractivity contribution in [1.29, 1.82) is 0 Å². The van der Waals surface area contributed by atoms with Gasteiger partial charge in [0.2, 0.25) is 0 Å². The quantitative estimate of drug-likeness (QED) is 0.840. The molecule has 1 aromatic rings. The Morgan fingerprint density at radius 3 is 2.53 bits per heavy atom. The Morgan fingerprint density at radius 1 is 1.24 bits per heavy atom. The molecule has 0 radical (unpaired) electrons. The van der Waals surface area contributed by atoms with Gasteiger partial charge in [0.1, 0.15) is 0 Å². The summed E-state index contributed by atoms with van der Waals surface area (Å²) in [4.78, 5) is 0. The molecular formula is C15H23NO. The van der Waals surface area contributed by atoms with Crippen molar-refractivity contribution in [2.24, 2.45) is 5.92 Å². The van der Waals surface area contributed by atoms with Crippen LogP contribution in [0.15, 0.2) is 24.3 Å². The van der Waals surface area contributed by atoms with E-state index >= 15 is 0 Å². The van der Waals surface area contributed by atoms with Crippen molar-refractivity contribution in [2.75, 3.05) is 19.7 Å². The lowest BCUT2D eigenvalue weighted by atomic mass is 9.85. The first-order chi connectivity index (χ1) is 8.20. The third-order valence-electron chi connectivity index (χ3n) is 3.77. The van der Waals surface area contributed by atoms with Crippen molar-refractivity contribution < 1.29 is 5.11 Å². The molecule has 1 aliphatic rings. The lowest BCUT2D eigenvalue weighted by molar-refractivity contribution is 0.190. The van der Waals surface area contributed by atoms with E-state index in [2.05, 4.69) is 43.4 Å². The maximum atomic E-state index is 9.23. The first-order valence-electron chi connectivity index (χ1n) is 6.62. The van der Waals surface area contributed by atoms with Gasteiger partial charge in [0.15, 0.2) is 0 Å². The molecule has 17 heavy (non-hydrogen) atoms. The van der Waals surface area contributed by atoms with Crippen molar-refractivity contribution in [3.05, 3.63) is 35.4 Å². The SMILES string of the molecule is CC(C)c1ccc(C2CNCC(CO)C2)cc1. The maximum Gasteiger partial charge on any atom is 0.0471 e. The summed E-state index contributed by atoms with van der Waals surface area (Å²) >= 11 is 0. The smallest absolute Gasteiger partial charge is 0.0471 e. The standard InChI is InChI=1S/C15H23NO/c1-11(2)13-3-5-14(6-4-13)15-7-12(10-17)8-16-9-15/h3-6,11-12,15-17H,7-10H2,1-2H3. The van der Waals surface area contributed by atoms with Gasteiger partial charge in [-0.25, -0.2) is 0 Å². The minimum atomic E-state index is 0.299. The zero-order valence-corrected chi connectivity index (χ0v) is 10.8. The van der Waals surface area contributed by atoms with E-state index in [1.807, 2.05) is 0 Å². The van der Waals surface area contributed by atoms with Crippen molar-refractivity contribution in [3.8, 4) is 0 Å². The minimum Gasteiger partial charge on any atom is -0.396 e. The Morgan fingerprint density at radius 2 is 1.94 bits per heavy atom. The van der Waals surface area contributed by atoms with Gasteiger partial charge in [0.05, 0.1) is 0 Å². The van der Waals surface area contributed by atoms with E-state index in [0.717, 1.165) is 19.5 Å². The zero-order chi connectivity index (χ0) is 12.3. The van der Waals surface area contributed by atoms with E-state index < -0.39 is 0 Å². The van der Waals surface area contributed by atoms with Crippen molar-refractivity contribution in [2.45, 2.75) is 32.1 Å². The summed E-state index contributed by atoms with van der Waals surface area (Å²) in [6, 6.07) is 8.98. The third-order valence-corrected chi connectivity index (χ3v) is 3.77. The number of hydrogen-bond donors (Lipinski definition) is 2. The summed E-state index contributed by atoms with van der Waals surface area (Å²) in [5, 5.41) is 12.6. The summed E-state index contributed by atoms with van der Waals surface area (Å²) in [5.74, 6) is 1.57. The number of piperidine rings is 1. The maximum absolute atomic E-state index is 9.23. The number of aliphatic hydroxyl groups excluding tert-OH is 1. The molecule has 1 aliphatic heterocycles. The van der Waals surface area contributed by atoms with Gasteiger partial charge in [-0.3, -0.25) is 0 Å². The normalized spacial score (nSPS) is 25.2. The Labute approximate surface area is 104 Å². The highest BCUT2D eigenvalue weighted by molar-refractivity contribution is 5.27. The molecule has 0 aromatic heterocycles. The van der Waals surface area contributed by atoms with Crippen LogP contribution in [0.25, 0.3) is 0 Å². The van der Waals surface area contributed by atoms with Gasteiger partial charge in [-0.05, 0) is 35.3 Å². The van der Waals surface area contributed by atoms with Crippen molar-refractivity contribution in [1.82, 2.24) is 5.32 Å². The Bertz CT molecular complexity index is 344. The highest BCUT2D eigenvalue weighted by atomic mass is 16.3. The largest absolute Gasteiger partial charge is 0.396 e. The molecule has 0 amide bonds. The van der Waals surface area contributed by atoms with Gasteiger partial charge in [0, 0.05) is 19.7 Å². The van der Waals surface area contributed by atoms with E-state index in [1.54, 1.807) is 0 Å². The van der Waals surface area contributed by atoms with Crippen LogP contribution >= 0.6 is 0 Å². The molecule has 0 saturated carbocycles. The number of nitrogens with one attached hydrogen (secondary N) is 1. The summed E-state index contributed by atoms with van der Waals surface area (Å²) < 4.78 is 0. The molecule has 1 fully saturated rings. The zero-order valence-electron chi connectivity index (χ0n) is 10.8. The molecule has 0 spiro atoms. The van der Waals surface area contributed by atoms with Crippen LogP contribution in [0.4, 0.5) is 0 Å². The second kappa shape index (κ2) is 5.65. The number of rotatable bonds is 3. The Hall–Kier alpha value is -0.860. The summed E-state index contributed by atoms with van der Waals surface area (Å²) in [6.45, 7) is 6.74. The average molecular weight is 233 g/mol. The Balaban J connectivity index is 2.06. The van der Waals surface area contributed by atoms with E-state index in [-0.39, 0.29) is 0 Å². The van der Waals surface area contributed by atoms with E-state index in [9.17, 15) is 5.11 Å². The monoisotopic (exact) mass is 233 g/mol. The molecular weight excluding hydrogens is 210 g/mol. The number of aliphatic hydroxyl groups is 1. The van der Waals surface area contributed by atoms with Crippen LogP contribution in [-0.2, 0) is 0 Å². The van der Waals surface area contributed by atoms with Crippen LogP contribution < -0.4 is 5.32 Å². The third kappa shape index (κ3) is 3.08. The topological polar surface area (TPSA) is 32.3 Å². The highest BCUT2D eigenvalue weighted by Crippen LogP contribution is 2.27. The predicted molar refractivity (Wildman–Crippen MR) is 71.3 cm³/mol. The summed E-state index contributed by atoms with van der Waals surface area (Å²) in [7, 11) is 0. The van der Waals surface area contributed by atoms with Gasteiger partial charge in [-0.2, -0.15) is 0 Å². The number of benzene rings is 1. The second-order valence-electron chi connectivity index (χ2n) is 5.46. The lowest BCUT2D eigenvalue weighted by Gasteiger charge is -2.29. The summed E-state index contributed by atoms with van der Waals surface area (Å²) in [5.41, 5.74) is 2.80. The van der Waals surface area contributed by atoms with Crippen LogP contribution in [0.2, 0.25) is 0 Å². The Kier molecular flexibility index (Phi) is 4.19. The fraction of sp³-hybridized carbons (Fsp3) is 0.600. The molecule has 2 rings (SSSR count). The molecule has 0 bridgehead atoms. The molecule has 94 valence electrons. The van der Waals surface area contributed by atoms with Crippen LogP contribution in [0.5, 0.6) is 0 Å². The van der Waals surface area contributed by atoms with Crippen LogP contribution in [0, 0.1) is 5.92 Å². The molecule has 1 aromatic carbocycles. The van der Waals surface area contributed by atoms with Gasteiger partial charge >= 0.3 is 0 Å². The molecule has 2 heteroatoms. The van der Waals surface area contributed by atoms with Gasteiger partial charge in [-0.15, -0.1) is 0 Å². The van der Waals surface area contributed by atoms with E-state index in [1.165, 1.54) is 11.1 Å². The van der Waals surface area contributed by atoms with E-state index in [4.69, 9.17) is 0 Å². The molecule has 0 aliphatic carbocycles. The van der Waals surface area contributed by atoms with Gasteiger partial charge in [0.25, 0.3) is 0 Å². The minimum absolute atomic E-state index is 0.299. The molecule has 2 nitrogen and oxygen atoms in total. The van der Waals surface area contributed by atoms with Crippen LogP contribution in [0.3, 0.4) is 0 Å². The summed E-state index contributed by atoms with van der Waals surface area (Å²) in [6.07, 6.45) is 1.10. The molecule has 2 N–H and O–H groups in total. The fourth-order valence-corrected chi connectivity index (χ4v) is 2.58. The first kappa shape index (κ1) is 12.6. The second-order valence-corrected chi connectivity index (χ2v) is 5.46. The van der Waals surface area contributed by atoms with Crippen molar-refractivity contribution >= 4 is 0 Å². The van der Waals surface area contributed by atoms with Crippen molar-refractivity contribution in [3.63, 3.8) is 0 Å². The van der Waals surface area contributed by atoms with Gasteiger partial charge < -0.3 is 10.4 Å². The molecule has 1 heterocycles. The molecule has 1 saturated heterocycles. The fourth-order valence-electron chi connectivity index (χ4n) is 2.58. The van der Waals surface area contributed by atoms with Crippen LogP contribution in [-0.4, -0.2) is 24.8 Å². The average Bonchev–Trinajstić information content (AvgIpc) is 2.39. The van der Waals surface area contributed by atoms with Crippen LogP contribution in [0.1, 0.15) is 43.2 Å². The first-order valence-corrected chi connectivity index (χ1v) is 6.62. The molecule has 2 atom stereocenters.